The molecule has 0 amide bonds. The van der Waals surface area contributed by atoms with Crippen molar-refractivity contribution in [2.24, 2.45) is 5.92 Å². The van der Waals surface area contributed by atoms with Crippen LogP contribution in [0.25, 0.3) is 0 Å². The lowest BCUT2D eigenvalue weighted by molar-refractivity contribution is 0.447. The van der Waals surface area contributed by atoms with Crippen LogP contribution in [0, 0.1) is 11.3 Å². The summed E-state index contributed by atoms with van der Waals surface area (Å²) in [5.74, 6) is 0.232. The molecule has 3 heteroatoms. The SMILES string of the molecule is CN/C=C\C(=N)C1C=CC(CN(C)C)=CC1. The van der Waals surface area contributed by atoms with Gasteiger partial charge in [-0.1, -0.05) is 18.2 Å². The highest BCUT2D eigenvalue weighted by molar-refractivity contribution is 5.95. The maximum absolute atomic E-state index is 7.88. The predicted octanol–water partition coefficient (Wildman–Crippen LogP) is 1.80. The van der Waals surface area contributed by atoms with Crippen LogP contribution in [0.15, 0.2) is 36.1 Å². The van der Waals surface area contributed by atoms with Gasteiger partial charge in [0.15, 0.2) is 0 Å². The lowest BCUT2D eigenvalue weighted by atomic mass is 9.92. The van der Waals surface area contributed by atoms with Crippen LogP contribution in [0.3, 0.4) is 0 Å². The molecule has 3 nitrogen and oxygen atoms in total. The molecule has 0 radical (unpaired) electrons. The first kappa shape index (κ1) is 12.7. The van der Waals surface area contributed by atoms with Crippen molar-refractivity contribution in [2.45, 2.75) is 6.42 Å². The summed E-state index contributed by atoms with van der Waals surface area (Å²) in [6, 6.07) is 0. The van der Waals surface area contributed by atoms with Crippen molar-refractivity contribution in [2.75, 3.05) is 27.7 Å². The second kappa shape index (κ2) is 6.28. The molecule has 0 saturated carbocycles. The average Bonchev–Trinajstić information content (AvgIpc) is 2.26. The molecule has 0 aromatic heterocycles. The number of nitrogens with one attached hydrogen (secondary N) is 2. The minimum Gasteiger partial charge on any atom is -0.394 e. The van der Waals surface area contributed by atoms with Gasteiger partial charge >= 0.3 is 0 Å². The summed E-state index contributed by atoms with van der Waals surface area (Å²) in [6.45, 7) is 0.975. The lowest BCUT2D eigenvalue weighted by Gasteiger charge is -2.17. The summed E-state index contributed by atoms with van der Waals surface area (Å²) in [5, 5.41) is 10.8. The first-order valence-corrected chi connectivity index (χ1v) is 5.57. The third kappa shape index (κ3) is 4.03. The molecule has 16 heavy (non-hydrogen) atoms. The van der Waals surface area contributed by atoms with Crippen molar-refractivity contribution in [3.05, 3.63) is 36.1 Å². The molecule has 0 spiro atoms. The fraction of sp³-hybridized carbons (Fsp3) is 0.462. The van der Waals surface area contributed by atoms with Crippen LogP contribution in [0.4, 0.5) is 0 Å². The van der Waals surface area contributed by atoms with Gasteiger partial charge in [-0.25, -0.2) is 0 Å². The van der Waals surface area contributed by atoms with Crippen LogP contribution < -0.4 is 5.32 Å². The highest BCUT2D eigenvalue weighted by atomic mass is 15.0. The lowest BCUT2D eigenvalue weighted by Crippen LogP contribution is -2.17. The van der Waals surface area contributed by atoms with E-state index in [0.717, 1.165) is 13.0 Å². The molecule has 1 rings (SSSR count). The summed E-state index contributed by atoms with van der Waals surface area (Å²) in [5.41, 5.74) is 2.00. The van der Waals surface area contributed by atoms with E-state index in [1.54, 1.807) is 6.20 Å². The quantitative estimate of drug-likeness (QED) is 0.692. The normalized spacial score (nSPS) is 20.2. The fourth-order valence-electron chi connectivity index (χ4n) is 1.67. The Morgan fingerprint density at radius 1 is 1.62 bits per heavy atom. The van der Waals surface area contributed by atoms with Crippen LogP contribution in [-0.4, -0.2) is 38.3 Å². The van der Waals surface area contributed by atoms with E-state index in [9.17, 15) is 0 Å². The van der Waals surface area contributed by atoms with E-state index in [-0.39, 0.29) is 5.92 Å². The highest BCUT2D eigenvalue weighted by Crippen LogP contribution is 2.18. The Balaban J connectivity index is 2.49. The number of hydrogen-bond acceptors (Lipinski definition) is 3. The number of allylic oxidation sites excluding steroid dienone is 3. The van der Waals surface area contributed by atoms with Crippen molar-refractivity contribution >= 4 is 5.71 Å². The molecule has 0 saturated heterocycles. The van der Waals surface area contributed by atoms with E-state index >= 15 is 0 Å². The van der Waals surface area contributed by atoms with Crippen LogP contribution >= 0.6 is 0 Å². The molecule has 1 unspecified atom stereocenters. The van der Waals surface area contributed by atoms with E-state index in [1.165, 1.54) is 5.57 Å². The monoisotopic (exact) mass is 219 g/mol. The molecule has 1 aliphatic carbocycles. The Bertz CT molecular complexity index is 324. The van der Waals surface area contributed by atoms with E-state index in [4.69, 9.17) is 5.41 Å². The van der Waals surface area contributed by atoms with Crippen molar-refractivity contribution in [1.82, 2.24) is 10.2 Å². The van der Waals surface area contributed by atoms with Crippen molar-refractivity contribution in [3.63, 3.8) is 0 Å². The van der Waals surface area contributed by atoms with Crippen LogP contribution in [0.5, 0.6) is 0 Å². The summed E-state index contributed by atoms with van der Waals surface area (Å²) in [4.78, 5) is 2.16. The Labute approximate surface area is 98.0 Å². The minimum atomic E-state index is 0.232. The molecular formula is C13H21N3. The largest absolute Gasteiger partial charge is 0.394 e. The van der Waals surface area contributed by atoms with Gasteiger partial charge in [0.25, 0.3) is 0 Å². The topological polar surface area (TPSA) is 39.1 Å². The first-order chi connectivity index (χ1) is 7.63. The maximum Gasteiger partial charge on any atom is 0.0400 e. The standard InChI is InChI=1S/C13H21N3/c1-15-9-8-13(14)12-6-4-11(5-7-12)10-16(2)3/h4-6,8-9,12,14-15H,7,10H2,1-3H3/b9-8-,14-13?. The summed E-state index contributed by atoms with van der Waals surface area (Å²) in [7, 11) is 5.98. The second-order valence-corrected chi connectivity index (χ2v) is 4.30. The predicted molar refractivity (Wildman–Crippen MR) is 69.8 cm³/mol. The Morgan fingerprint density at radius 2 is 2.38 bits per heavy atom. The molecule has 2 N–H and O–H groups in total. The van der Waals surface area contributed by atoms with E-state index < -0.39 is 0 Å². The van der Waals surface area contributed by atoms with Crippen molar-refractivity contribution < 1.29 is 0 Å². The second-order valence-electron chi connectivity index (χ2n) is 4.30. The van der Waals surface area contributed by atoms with E-state index in [2.05, 4.69) is 42.5 Å². The Morgan fingerprint density at radius 3 is 2.88 bits per heavy atom. The van der Waals surface area contributed by atoms with Crippen molar-refractivity contribution in [1.29, 1.82) is 5.41 Å². The van der Waals surface area contributed by atoms with Gasteiger partial charge in [-0.3, -0.25) is 0 Å². The zero-order valence-electron chi connectivity index (χ0n) is 10.3. The van der Waals surface area contributed by atoms with E-state index in [1.807, 2.05) is 13.1 Å². The third-order valence-corrected chi connectivity index (χ3v) is 2.50. The van der Waals surface area contributed by atoms with Crippen LogP contribution in [0.1, 0.15) is 6.42 Å². The molecule has 0 heterocycles. The van der Waals surface area contributed by atoms with E-state index in [0.29, 0.717) is 5.71 Å². The number of rotatable bonds is 5. The fourth-order valence-corrected chi connectivity index (χ4v) is 1.67. The molecule has 0 aromatic rings. The number of hydrogen-bond donors (Lipinski definition) is 2. The first-order valence-electron chi connectivity index (χ1n) is 5.57. The number of likely N-dealkylation sites (N-methyl/N-ethyl adjacent to an activating group) is 1. The van der Waals surface area contributed by atoms with Gasteiger partial charge in [0.2, 0.25) is 0 Å². The van der Waals surface area contributed by atoms with Gasteiger partial charge in [0.1, 0.15) is 0 Å². The summed E-state index contributed by atoms with van der Waals surface area (Å²) >= 11 is 0. The molecule has 0 bridgehead atoms. The number of nitrogens with zero attached hydrogens (tertiary/aromatic N) is 1. The summed E-state index contributed by atoms with van der Waals surface area (Å²) in [6.07, 6.45) is 11.0. The van der Waals surface area contributed by atoms with Gasteiger partial charge in [-0.15, -0.1) is 0 Å². The van der Waals surface area contributed by atoms with Gasteiger partial charge in [0, 0.05) is 25.2 Å². The molecule has 88 valence electrons. The maximum atomic E-state index is 7.88. The highest BCUT2D eigenvalue weighted by Gasteiger charge is 2.11. The molecular weight excluding hydrogens is 198 g/mol. The molecule has 0 aliphatic heterocycles. The Kier molecular flexibility index (Phi) is 4.99. The Hall–Kier alpha value is -1.35. The molecule has 1 aliphatic rings. The molecule has 0 fully saturated rings. The summed E-state index contributed by atoms with van der Waals surface area (Å²) < 4.78 is 0. The van der Waals surface area contributed by atoms with Gasteiger partial charge in [0.05, 0.1) is 0 Å². The van der Waals surface area contributed by atoms with Crippen LogP contribution in [0.2, 0.25) is 0 Å². The smallest absolute Gasteiger partial charge is 0.0400 e. The zero-order valence-corrected chi connectivity index (χ0v) is 10.3. The molecule has 1 atom stereocenters. The minimum absolute atomic E-state index is 0.232. The average molecular weight is 219 g/mol. The molecule has 0 aromatic carbocycles. The van der Waals surface area contributed by atoms with Crippen molar-refractivity contribution in [3.8, 4) is 0 Å². The third-order valence-electron chi connectivity index (χ3n) is 2.50. The van der Waals surface area contributed by atoms with Gasteiger partial charge in [-0.05, 0) is 38.4 Å². The van der Waals surface area contributed by atoms with Crippen LogP contribution in [-0.2, 0) is 0 Å². The zero-order chi connectivity index (χ0) is 12.0. The van der Waals surface area contributed by atoms with Gasteiger partial charge < -0.3 is 15.6 Å². The van der Waals surface area contributed by atoms with Gasteiger partial charge in [-0.2, -0.15) is 0 Å².